The number of nitrogens with one attached hydrogen (secondary N) is 1. The molecule has 7 heteroatoms. The molecule has 0 radical (unpaired) electrons. The van der Waals surface area contributed by atoms with Crippen molar-refractivity contribution in [1.82, 2.24) is 15.4 Å². The minimum absolute atomic E-state index is 0.178. The van der Waals surface area contributed by atoms with E-state index in [9.17, 15) is 9.90 Å². The highest BCUT2D eigenvalue weighted by atomic mass is 35.5. The van der Waals surface area contributed by atoms with Crippen LogP contribution in [0.15, 0.2) is 36.4 Å². The Kier molecular flexibility index (Phi) is 6.17. The van der Waals surface area contributed by atoms with Gasteiger partial charge in [0, 0.05) is 22.3 Å². The summed E-state index contributed by atoms with van der Waals surface area (Å²) in [5.74, 6) is -0.210. The lowest BCUT2D eigenvalue weighted by Gasteiger charge is -2.24. The molecule has 0 spiro atoms. The maximum atomic E-state index is 11.6. The zero-order chi connectivity index (χ0) is 22.1. The number of hydrogen-bond acceptors (Lipinski definition) is 5. The van der Waals surface area contributed by atoms with Crippen molar-refractivity contribution in [3.63, 3.8) is 0 Å². The Hall–Kier alpha value is -2.86. The number of ether oxygens (including phenoxy) is 1. The number of benzene rings is 2. The maximum absolute atomic E-state index is 11.6. The van der Waals surface area contributed by atoms with Crippen molar-refractivity contribution in [3.05, 3.63) is 52.6 Å². The molecule has 158 valence electrons. The van der Waals surface area contributed by atoms with E-state index in [0.717, 1.165) is 11.1 Å². The minimum Gasteiger partial charge on any atom is -0.507 e. The van der Waals surface area contributed by atoms with E-state index in [2.05, 4.69) is 22.0 Å². The minimum atomic E-state index is -0.388. The fourth-order valence-electron chi connectivity index (χ4n) is 3.31. The molecule has 2 N–H and O–H groups in total. The lowest BCUT2D eigenvalue weighted by atomic mass is 9.82. The summed E-state index contributed by atoms with van der Waals surface area (Å²) in [6.45, 7) is 11.6. The average molecular weight is 428 g/mol. The van der Waals surface area contributed by atoms with Crippen molar-refractivity contribution < 1.29 is 14.6 Å². The molecule has 3 rings (SSSR count). The first-order valence-electron chi connectivity index (χ1n) is 9.78. The van der Waals surface area contributed by atoms with Crippen LogP contribution in [0.4, 0.5) is 0 Å². The second kappa shape index (κ2) is 8.48. The quantitative estimate of drug-likeness (QED) is 0.315. The van der Waals surface area contributed by atoms with Crippen molar-refractivity contribution in [2.24, 2.45) is 0 Å². The molecule has 0 aliphatic rings. The number of rotatable bonds is 6. The molecule has 0 atom stereocenters. The van der Waals surface area contributed by atoms with Crippen molar-refractivity contribution in [2.45, 2.75) is 46.0 Å². The SMILES string of the molecule is C=C(C)C(=O)OCCCc1cc(-c2c(Cl)ccc3n[nH]nc23)c(O)c(C(C)(C)C)c1. The van der Waals surface area contributed by atoms with Gasteiger partial charge in [-0.15, -0.1) is 0 Å². The first-order chi connectivity index (χ1) is 14.1. The number of carbonyl (C=O) groups is 1. The highest BCUT2D eigenvalue weighted by molar-refractivity contribution is 6.35. The topological polar surface area (TPSA) is 88.1 Å². The Balaban J connectivity index is 2.02. The molecular weight excluding hydrogens is 402 g/mol. The van der Waals surface area contributed by atoms with E-state index in [-0.39, 0.29) is 17.1 Å². The molecule has 0 fully saturated rings. The van der Waals surface area contributed by atoms with Crippen molar-refractivity contribution in [2.75, 3.05) is 6.61 Å². The van der Waals surface area contributed by atoms with Crippen molar-refractivity contribution >= 4 is 28.6 Å². The standard InChI is InChI=1S/C23H26ClN3O3/c1-13(2)22(29)30-10-6-7-14-11-15(21(28)16(12-14)23(3,4)5)19-17(24)8-9-18-20(19)26-27-25-18/h8-9,11-12,28H,1,6-7,10H2,2-5H3,(H,25,26,27). The van der Waals surface area contributed by atoms with Gasteiger partial charge in [-0.25, -0.2) is 4.79 Å². The van der Waals surface area contributed by atoms with Crippen LogP contribution in [-0.2, 0) is 21.4 Å². The smallest absolute Gasteiger partial charge is 0.333 e. The molecule has 0 amide bonds. The highest BCUT2D eigenvalue weighted by Gasteiger charge is 2.24. The van der Waals surface area contributed by atoms with Gasteiger partial charge in [0.25, 0.3) is 0 Å². The van der Waals surface area contributed by atoms with Gasteiger partial charge in [0.1, 0.15) is 16.8 Å². The normalized spacial score (nSPS) is 11.6. The molecule has 6 nitrogen and oxygen atoms in total. The van der Waals surface area contributed by atoms with Gasteiger partial charge < -0.3 is 9.84 Å². The van der Waals surface area contributed by atoms with Crippen molar-refractivity contribution in [3.8, 4) is 16.9 Å². The fourth-order valence-corrected chi connectivity index (χ4v) is 3.56. The lowest BCUT2D eigenvalue weighted by Crippen LogP contribution is -2.13. The number of H-pyrrole nitrogens is 1. The zero-order valence-corrected chi connectivity index (χ0v) is 18.4. The Labute approximate surface area is 180 Å². The summed E-state index contributed by atoms with van der Waals surface area (Å²) in [5.41, 5.74) is 4.44. The number of fused-ring (bicyclic) bond motifs is 1. The number of halogens is 1. The van der Waals surface area contributed by atoms with Crippen LogP contribution in [0, 0.1) is 0 Å². The molecule has 0 unspecified atom stereocenters. The molecule has 2 aromatic carbocycles. The molecule has 0 aliphatic carbocycles. The molecular formula is C23H26ClN3O3. The van der Waals surface area contributed by atoms with Crippen LogP contribution in [0.25, 0.3) is 22.2 Å². The summed E-state index contributed by atoms with van der Waals surface area (Å²) in [7, 11) is 0. The van der Waals surface area contributed by atoms with Gasteiger partial charge in [-0.3, -0.25) is 0 Å². The van der Waals surface area contributed by atoms with Gasteiger partial charge in [-0.1, -0.05) is 45.0 Å². The summed E-state index contributed by atoms with van der Waals surface area (Å²) in [6.07, 6.45) is 1.32. The highest BCUT2D eigenvalue weighted by Crippen LogP contribution is 2.44. The molecule has 0 aliphatic heterocycles. The van der Waals surface area contributed by atoms with Crippen LogP contribution in [0.5, 0.6) is 5.75 Å². The number of aromatic hydroxyl groups is 1. The molecule has 0 saturated heterocycles. The van der Waals surface area contributed by atoms with Crippen LogP contribution in [-0.4, -0.2) is 33.1 Å². The predicted octanol–water partition coefficient (Wildman–Crippen LogP) is 5.33. The van der Waals surface area contributed by atoms with Gasteiger partial charge in [0.2, 0.25) is 0 Å². The van der Waals surface area contributed by atoms with Crippen molar-refractivity contribution in [1.29, 1.82) is 0 Å². The molecule has 3 aromatic rings. The molecule has 0 saturated carbocycles. The number of esters is 1. The number of aryl methyl sites for hydroxylation is 1. The predicted molar refractivity (Wildman–Crippen MR) is 119 cm³/mol. The maximum Gasteiger partial charge on any atom is 0.333 e. The van der Waals surface area contributed by atoms with Crippen LogP contribution < -0.4 is 0 Å². The van der Waals surface area contributed by atoms with Gasteiger partial charge in [0.15, 0.2) is 0 Å². The lowest BCUT2D eigenvalue weighted by molar-refractivity contribution is -0.139. The summed E-state index contributed by atoms with van der Waals surface area (Å²) in [5, 5.41) is 22.6. The van der Waals surface area contributed by atoms with Crippen LogP contribution >= 0.6 is 11.6 Å². The van der Waals surface area contributed by atoms with E-state index >= 15 is 0 Å². The van der Waals surface area contributed by atoms with E-state index in [1.807, 2.05) is 32.9 Å². The number of phenols is 1. The van der Waals surface area contributed by atoms with E-state index in [0.29, 0.717) is 52.2 Å². The van der Waals surface area contributed by atoms with Crippen LogP contribution in [0.2, 0.25) is 5.02 Å². The Morgan fingerprint density at radius 1 is 1.27 bits per heavy atom. The van der Waals surface area contributed by atoms with E-state index < -0.39 is 0 Å². The number of phenolic OH excluding ortho intramolecular Hbond substituents is 1. The Morgan fingerprint density at radius 3 is 2.67 bits per heavy atom. The Bertz CT molecular complexity index is 1110. The largest absolute Gasteiger partial charge is 0.507 e. The summed E-state index contributed by atoms with van der Waals surface area (Å²) in [6, 6.07) is 7.45. The molecule has 1 heterocycles. The summed E-state index contributed by atoms with van der Waals surface area (Å²) >= 11 is 6.52. The first-order valence-corrected chi connectivity index (χ1v) is 10.2. The molecule has 0 bridgehead atoms. The molecule has 1 aromatic heterocycles. The van der Waals surface area contributed by atoms with Gasteiger partial charge in [-0.2, -0.15) is 15.4 Å². The van der Waals surface area contributed by atoms with Crippen LogP contribution in [0.1, 0.15) is 45.2 Å². The number of nitrogens with zero attached hydrogens (tertiary/aromatic N) is 2. The third-order valence-corrected chi connectivity index (χ3v) is 5.19. The first kappa shape index (κ1) is 21.8. The average Bonchev–Trinajstić information content (AvgIpc) is 3.14. The summed E-state index contributed by atoms with van der Waals surface area (Å²) < 4.78 is 5.20. The van der Waals surface area contributed by atoms with E-state index in [1.54, 1.807) is 19.1 Å². The monoisotopic (exact) mass is 427 g/mol. The van der Waals surface area contributed by atoms with Gasteiger partial charge in [0.05, 0.1) is 11.6 Å². The summed E-state index contributed by atoms with van der Waals surface area (Å²) in [4.78, 5) is 11.6. The fraction of sp³-hybridized carbons (Fsp3) is 0.348. The number of aromatic nitrogens is 3. The second-order valence-electron chi connectivity index (χ2n) is 8.42. The third-order valence-electron chi connectivity index (χ3n) is 4.88. The van der Waals surface area contributed by atoms with Gasteiger partial charge in [-0.05, 0) is 48.9 Å². The number of carbonyl (C=O) groups excluding carboxylic acids is 1. The van der Waals surface area contributed by atoms with Crippen LogP contribution in [0.3, 0.4) is 0 Å². The van der Waals surface area contributed by atoms with E-state index in [4.69, 9.17) is 16.3 Å². The number of hydrogen-bond donors (Lipinski definition) is 2. The Morgan fingerprint density at radius 2 is 2.00 bits per heavy atom. The molecule has 30 heavy (non-hydrogen) atoms. The van der Waals surface area contributed by atoms with E-state index in [1.165, 1.54) is 0 Å². The second-order valence-corrected chi connectivity index (χ2v) is 8.83. The number of aromatic amines is 1. The zero-order valence-electron chi connectivity index (χ0n) is 17.7. The van der Waals surface area contributed by atoms with Gasteiger partial charge >= 0.3 is 5.97 Å². The third kappa shape index (κ3) is 4.49.